The predicted octanol–water partition coefficient (Wildman–Crippen LogP) is 0.0495. The van der Waals surface area contributed by atoms with Crippen molar-refractivity contribution >= 4 is 23.5 Å². The summed E-state index contributed by atoms with van der Waals surface area (Å²) in [6, 6.07) is 0. The van der Waals surface area contributed by atoms with Gasteiger partial charge in [0.2, 0.25) is 5.91 Å². The minimum atomic E-state index is -0.393. The minimum absolute atomic E-state index is 0.00815. The molecule has 1 N–H and O–H groups in total. The molecule has 0 fully saturated rings. The van der Waals surface area contributed by atoms with Crippen molar-refractivity contribution in [1.82, 2.24) is 10.2 Å². The fourth-order valence-corrected chi connectivity index (χ4v) is 1.78. The van der Waals surface area contributed by atoms with E-state index in [1.165, 1.54) is 12.2 Å². The third-order valence-corrected chi connectivity index (χ3v) is 3.17. The number of nitrogens with zero attached hydrogens (tertiary/aromatic N) is 1. The first kappa shape index (κ1) is 18.0. The van der Waals surface area contributed by atoms with E-state index in [1.54, 1.807) is 0 Å². The van der Waals surface area contributed by atoms with Crippen LogP contribution in [-0.4, -0.2) is 54.7 Å². The Morgan fingerprint density at radius 1 is 1.14 bits per heavy atom. The molecule has 0 saturated carbocycles. The zero-order valence-corrected chi connectivity index (χ0v) is 13.0. The Kier molecular flexibility index (Phi) is 7.45. The summed E-state index contributed by atoms with van der Waals surface area (Å²) in [4.78, 5) is 46.5. The number of hydrogen-bond donors (Lipinski definition) is 1. The zero-order chi connectivity index (χ0) is 16.5. The summed E-state index contributed by atoms with van der Waals surface area (Å²) in [5, 5.41) is 2.63. The highest BCUT2D eigenvalue weighted by molar-refractivity contribution is 6.13. The Hall–Kier alpha value is -2.02. The van der Waals surface area contributed by atoms with E-state index >= 15 is 0 Å². The van der Waals surface area contributed by atoms with Gasteiger partial charge < -0.3 is 10.1 Å². The van der Waals surface area contributed by atoms with Crippen LogP contribution in [0.15, 0.2) is 12.2 Å². The van der Waals surface area contributed by atoms with Gasteiger partial charge in [0, 0.05) is 44.0 Å². The van der Waals surface area contributed by atoms with Crippen LogP contribution in [0.5, 0.6) is 0 Å². The number of nitrogens with one attached hydrogen (secondary N) is 1. The normalized spacial score (nSPS) is 14.0. The lowest BCUT2D eigenvalue weighted by atomic mass is 10.1. The van der Waals surface area contributed by atoms with E-state index in [9.17, 15) is 19.2 Å². The second-order valence-corrected chi connectivity index (χ2v) is 5.24. The van der Waals surface area contributed by atoms with Crippen molar-refractivity contribution in [3.63, 3.8) is 0 Å². The molecule has 22 heavy (non-hydrogen) atoms. The van der Waals surface area contributed by atoms with Crippen LogP contribution < -0.4 is 5.32 Å². The van der Waals surface area contributed by atoms with Gasteiger partial charge in [0.25, 0.3) is 11.8 Å². The number of ketones is 1. The van der Waals surface area contributed by atoms with Crippen molar-refractivity contribution in [2.45, 2.75) is 26.7 Å². The standard InChI is InChI=1S/C15H22N2O5/c1-11(2)12(18)6-9-22-10-7-16-13(19)5-8-17-14(20)3-4-15(17)21/h3-4,11H,5-10H2,1-2H3,(H,16,19). The number of rotatable bonds is 10. The highest BCUT2D eigenvalue weighted by Gasteiger charge is 2.23. The first-order chi connectivity index (χ1) is 10.4. The van der Waals surface area contributed by atoms with Crippen LogP contribution in [0.1, 0.15) is 26.7 Å². The molecule has 0 bridgehead atoms. The minimum Gasteiger partial charge on any atom is -0.379 e. The highest BCUT2D eigenvalue weighted by Crippen LogP contribution is 2.03. The fourth-order valence-electron chi connectivity index (χ4n) is 1.78. The van der Waals surface area contributed by atoms with Crippen LogP contribution in [0.4, 0.5) is 0 Å². The summed E-state index contributed by atoms with van der Waals surface area (Å²) in [6.07, 6.45) is 2.81. The molecule has 1 heterocycles. The van der Waals surface area contributed by atoms with Crippen LogP contribution in [0.25, 0.3) is 0 Å². The molecule has 0 aromatic heterocycles. The molecule has 0 spiro atoms. The maximum absolute atomic E-state index is 11.6. The van der Waals surface area contributed by atoms with Gasteiger partial charge in [-0.15, -0.1) is 0 Å². The van der Waals surface area contributed by atoms with Crippen molar-refractivity contribution in [2.24, 2.45) is 5.92 Å². The molecule has 0 unspecified atom stereocenters. The van der Waals surface area contributed by atoms with Gasteiger partial charge in [-0.3, -0.25) is 24.1 Å². The second-order valence-electron chi connectivity index (χ2n) is 5.24. The van der Waals surface area contributed by atoms with Crippen LogP contribution in [0.2, 0.25) is 0 Å². The summed E-state index contributed by atoms with van der Waals surface area (Å²) in [6.45, 7) is 4.74. The maximum Gasteiger partial charge on any atom is 0.253 e. The SMILES string of the molecule is CC(C)C(=O)CCOCCNC(=O)CCN1C(=O)C=CC1=O. The summed E-state index contributed by atoms with van der Waals surface area (Å²) < 4.78 is 5.25. The summed E-state index contributed by atoms with van der Waals surface area (Å²) in [5.41, 5.74) is 0. The van der Waals surface area contributed by atoms with Crippen LogP contribution in [-0.2, 0) is 23.9 Å². The number of ether oxygens (including phenoxy) is 1. The molecule has 0 aliphatic carbocycles. The lowest BCUT2D eigenvalue weighted by Gasteiger charge is -2.13. The average Bonchev–Trinajstić information content (AvgIpc) is 2.79. The monoisotopic (exact) mass is 310 g/mol. The number of carbonyl (C=O) groups excluding carboxylic acids is 4. The first-order valence-electron chi connectivity index (χ1n) is 7.32. The molecule has 3 amide bonds. The number of hydrogen-bond acceptors (Lipinski definition) is 5. The highest BCUT2D eigenvalue weighted by atomic mass is 16.5. The summed E-state index contributed by atoms with van der Waals surface area (Å²) >= 11 is 0. The number of carbonyl (C=O) groups is 4. The molecule has 0 saturated heterocycles. The third kappa shape index (κ3) is 6.17. The van der Waals surface area contributed by atoms with Crippen LogP contribution in [0, 0.1) is 5.92 Å². The first-order valence-corrected chi connectivity index (χ1v) is 7.32. The summed E-state index contributed by atoms with van der Waals surface area (Å²) in [5.74, 6) is -0.882. The van der Waals surface area contributed by atoms with Crippen molar-refractivity contribution in [1.29, 1.82) is 0 Å². The van der Waals surface area contributed by atoms with Crippen molar-refractivity contribution < 1.29 is 23.9 Å². The molecular formula is C15H22N2O5. The largest absolute Gasteiger partial charge is 0.379 e. The molecule has 0 aromatic rings. The Morgan fingerprint density at radius 3 is 2.36 bits per heavy atom. The number of imide groups is 1. The molecule has 0 aromatic carbocycles. The Balaban J connectivity index is 2.03. The van der Waals surface area contributed by atoms with E-state index < -0.39 is 11.8 Å². The average molecular weight is 310 g/mol. The van der Waals surface area contributed by atoms with Gasteiger partial charge in [0.1, 0.15) is 5.78 Å². The van der Waals surface area contributed by atoms with E-state index in [0.29, 0.717) is 26.2 Å². The van der Waals surface area contributed by atoms with Gasteiger partial charge in [-0.1, -0.05) is 13.8 Å². The van der Waals surface area contributed by atoms with E-state index in [2.05, 4.69) is 5.32 Å². The van der Waals surface area contributed by atoms with E-state index in [0.717, 1.165) is 4.90 Å². The van der Waals surface area contributed by atoms with E-state index in [-0.39, 0.29) is 30.6 Å². The van der Waals surface area contributed by atoms with Gasteiger partial charge in [-0.25, -0.2) is 0 Å². The van der Waals surface area contributed by atoms with Crippen LogP contribution in [0.3, 0.4) is 0 Å². The number of Topliss-reactive ketones (excluding diaryl/α,β-unsaturated/α-hetero) is 1. The molecule has 122 valence electrons. The van der Waals surface area contributed by atoms with Crippen molar-refractivity contribution in [3.8, 4) is 0 Å². The van der Waals surface area contributed by atoms with E-state index in [1.807, 2.05) is 13.8 Å². The van der Waals surface area contributed by atoms with E-state index in [4.69, 9.17) is 4.74 Å². The molecule has 1 rings (SSSR count). The van der Waals surface area contributed by atoms with Crippen molar-refractivity contribution in [3.05, 3.63) is 12.2 Å². The Labute approximate surface area is 129 Å². The number of amides is 3. The molecule has 0 atom stereocenters. The maximum atomic E-state index is 11.6. The molecular weight excluding hydrogens is 288 g/mol. The van der Waals surface area contributed by atoms with Gasteiger partial charge >= 0.3 is 0 Å². The van der Waals surface area contributed by atoms with Crippen molar-refractivity contribution in [2.75, 3.05) is 26.3 Å². The Bertz CT molecular complexity index is 453. The summed E-state index contributed by atoms with van der Waals surface area (Å²) in [7, 11) is 0. The topological polar surface area (TPSA) is 92.8 Å². The molecule has 1 aliphatic rings. The fraction of sp³-hybridized carbons (Fsp3) is 0.600. The quantitative estimate of drug-likeness (QED) is 0.454. The van der Waals surface area contributed by atoms with Gasteiger partial charge in [-0.2, -0.15) is 0 Å². The molecule has 1 aliphatic heterocycles. The lowest BCUT2D eigenvalue weighted by molar-refractivity contribution is -0.137. The predicted molar refractivity (Wildman–Crippen MR) is 78.8 cm³/mol. The smallest absolute Gasteiger partial charge is 0.253 e. The second kappa shape index (κ2) is 9.09. The van der Waals surface area contributed by atoms with Gasteiger partial charge in [0.05, 0.1) is 13.2 Å². The van der Waals surface area contributed by atoms with Crippen LogP contribution >= 0.6 is 0 Å². The van der Waals surface area contributed by atoms with Gasteiger partial charge in [0.15, 0.2) is 0 Å². The molecule has 7 nitrogen and oxygen atoms in total. The zero-order valence-electron chi connectivity index (χ0n) is 13.0. The molecule has 0 radical (unpaired) electrons. The van der Waals surface area contributed by atoms with Gasteiger partial charge in [-0.05, 0) is 0 Å². The lowest BCUT2D eigenvalue weighted by Crippen LogP contribution is -2.35. The Morgan fingerprint density at radius 2 is 1.77 bits per heavy atom. The molecule has 7 heteroatoms. The third-order valence-electron chi connectivity index (χ3n) is 3.17.